The molecule has 152 valence electrons. The standard InChI is InChI=1S/C22H27NO4Si2/c1-5-21(24)26-17-28(3,4)23-29(18-27-22(25)6-2,19-13-9-7-10-14-19)20-15-11-8-12-16-20/h5-16,23H,1-2,17-18H2,3-4H3. The predicted molar refractivity (Wildman–Crippen MR) is 121 cm³/mol. The van der Waals surface area contributed by atoms with Gasteiger partial charge in [0, 0.05) is 12.2 Å². The Bertz CT molecular complexity index is 814. The molecule has 0 heterocycles. The zero-order chi connectivity index (χ0) is 21.3. The van der Waals surface area contributed by atoms with Crippen LogP contribution in [0.5, 0.6) is 0 Å². The molecule has 0 radical (unpaired) electrons. The molecule has 29 heavy (non-hydrogen) atoms. The summed E-state index contributed by atoms with van der Waals surface area (Å²) in [5.41, 5.74) is 0. The molecule has 2 aromatic rings. The van der Waals surface area contributed by atoms with E-state index in [0.717, 1.165) is 16.4 Å². The Morgan fingerprint density at radius 3 is 1.66 bits per heavy atom. The molecule has 0 fully saturated rings. The van der Waals surface area contributed by atoms with Crippen molar-refractivity contribution in [3.8, 4) is 0 Å². The maximum absolute atomic E-state index is 11.9. The number of carbonyl (C=O) groups excluding carboxylic acids is 2. The molecule has 2 rings (SSSR count). The molecular formula is C22H27NO4Si2. The third-order valence-corrected chi connectivity index (χ3v) is 12.9. The molecule has 0 spiro atoms. The molecule has 0 unspecified atom stereocenters. The van der Waals surface area contributed by atoms with Gasteiger partial charge in [0.05, 0.1) is 6.23 Å². The van der Waals surface area contributed by atoms with E-state index in [1.165, 1.54) is 6.08 Å². The van der Waals surface area contributed by atoms with Gasteiger partial charge >= 0.3 is 11.9 Å². The fraction of sp³-hybridized carbons (Fsp3) is 0.182. The topological polar surface area (TPSA) is 64.6 Å². The maximum atomic E-state index is 11.9. The Morgan fingerprint density at radius 1 is 0.828 bits per heavy atom. The van der Waals surface area contributed by atoms with Crippen LogP contribution in [0, 0.1) is 0 Å². The van der Waals surface area contributed by atoms with Gasteiger partial charge in [0.15, 0.2) is 8.24 Å². The van der Waals surface area contributed by atoms with Gasteiger partial charge in [0.1, 0.15) is 6.23 Å². The number of benzene rings is 2. The van der Waals surface area contributed by atoms with Crippen LogP contribution in [0.25, 0.3) is 0 Å². The SMILES string of the molecule is C=CC(=O)OC[Si](C)(C)N[Si](COC(=O)C=C)(c1ccccc1)c1ccccc1. The molecule has 5 nitrogen and oxygen atoms in total. The van der Waals surface area contributed by atoms with Gasteiger partial charge in [-0.2, -0.15) is 0 Å². The van der Waals surface area contributed by atoms with Gasteiger partial charge in [-0.15, -0.1) is 0 Å². The highest BCUT2D eigenvalue weighted by Crippen LogP contribution is 2.10. The van der Waals surface area contributed by atoms with Crippen molar-refractivity contribution in [3.63, 3.8) is 0 Å². The van der Waals surface area contributed by atoms with Gasteiger partial charge in [0.25, 0.3) is 0 Å². The lowest BCUT2D eigenvalue weighted by molar-refractivity contribution is -0.136. The molecule has 0 aliphatic heterocycles. The first-order valence-electron chi connectivity index (χ1n) is 9.32. The Kier molecular flexibility index (Phi) is 7.89. The van der Waals surface area contributed by atoms with Crippen molar-refractivity contribution in [2.75, 3.05) is 12.5 Å². The average Bonchev–Trinajstić information content (AvgIpc) is 2.76. The van der Waals surface area contributed by atoms with Gasteiger partial charge in [0.2, 0.25) is 8.24 Å². The van der Waals surface area contributed by atoms with Crippen LogP contribution in [0.4, 0.5) is 0 Å². The van der Waals surface area contributed by atoms with Crippen LogP contribution < -0.4 is 15.0 Å². The molecule has 0 aliphatic carbocycles. The molecule has 2 aromatic carbocycles. The van der Waals surface area contributed by atoms with E-state index in [9.17, 15) is 9.59 Å². The second kappa shape index (κ2) is 10.2. The highest BCUT2D eigenvalue weighted by Gasteiger charge is 2.44. The molecule has 0 amide bonds. The molecule has 0 aromatic heterocycles. The summed E-state index contributed by atoms with van der Waals surface area (Å²) in [7, 11) is -5.00. The largest absolute Gasteiger partial charge is 0.465 e. The number of hydrogen-bond donors (Lipinski definition) is 1. The van der Waals surface area contributed by atoms with Crippen LogP contribution in [0.15, 0.2) is 86.0 Å². The summed E-state index contributed by atoms with van der Waals surface area (Å²) in [6, 6.07) is 20.0. The summed E-state index contributed by atoms with van der Waals surface area (Å²) < 4.78 is 14.8. The number of nitrogens with one attached hydrogen (secondary N) is 1. The summed E-state index contributed by atoms with van der Waals surface area (Å²) in [5.74, 6) is -0.912. The van der Waals surface area contributed by atoms with Crippen molar-refractivity contribution in [1.29, 1.82) is 0 Å². The number of carbonyl (C=O) groups is 2. The second-order valence-corrected chi connectivity index (χ2v) is 15.6. The first-order chi connectivity index (χ1) is 13.8. The van der Waals surface area contributed by atoms with E-state index in [4.69, 9.17) is 9.47 Å². The second-order valence-electron chi connectivity index (χ2n) is 7.27. The number of rotatable bonds is 10. The minimum absolute atomic E-state index is 0.206. The molecule has 7 heteroatoms. The van der Waals surface area contributed by atoms with E-state index >= 15 is 0 Å². The first kappa shape index (κ1) is 22.5. The van der Waals surface area contributed by atoms with Gasteiger partial charge in [-0.25, -0.2) is 9.59 Å². The minimum Gasteiger partial charge on any atom is -0.465 e. The van der Waals surface area contributed by atoms with Crippen LogP contribution in [0.1, 0.15) is 0 Å². The smallest absolute Gasteiger partial charge is 0.329 e. The average molecular weight is 426 g/mol. The Hall–Kier alpha value is -2.75. The van der Waals surface area contributed by atoms with Crippen LogP contribution >= 0.6 is 0 Å². The molecule has 0 atom stereocenters. The summed E-state index contributed by atoms with van der Waals surface area (Å²) >= 11 is 0. The van der Waals surface area contributed by atoms with Gasteiger partial charge < -0.3 is 14.1 Å². The number of esters is 2. The lowest BCUT2D eigenvalue weighted by Gasteiger charge is -2.39. The van der Waals surface area contributed by atoms with Gasteiger partial charge in [-0.05, 0) is 10.4 Å². The molecule has 1 N–H and O–H groups in total. The Labute approximate surface area is 174 Å². The molecule has 0 bridgehead atoms. The lowest BCUT2D eigenvalue weighted by atomic mass is 10.4. The van der Waals surface area contributed by atoms with E-state index in [1.807, 2.05) is 60.7 Å². The van der Waals surface area contributed by atoms with Crippen molar-refractivity contribution < 1.29 is 19.1 Å². The number of hydrogen-bond acceptors (Lipinski definition) is 5. The van der Waals surface area contributed by atoms with E-state index < -0.39 is 28.4 Å². The van der Waals surface area contributed by atoms with Crippen molar-refractivity contribution in [2.24, 2.45) is 0 Å². The first-order valence-corrected chi connectivity index (χ1v) is 14.7. The van der Waals surface area contributed by atoms with E-state index in [-0.39, 0.29) is 12.5 Å². The number of ether oxygens (including phenoxy) is 2. The third kappa shape index (κ3) is 6.12. The van der Waals surface area contributed by atoms with Crippen LogP contribution in [0.2, 0.25) is 13.1 Å². The van der Waals surface area contributed by atoms with Crippen molar-refractivity contribution >= 4 is 38.8 Å². The highest BCUT2D eigenvalue weighted by atomic mass is 28.4. The molecular weight excluding hydrogens is 398 g/mol. The van der Waals surface area contributed by atoms with Crippen LogP contribution in [-0.2, 0) is 19.1 Å². The lowest BCUT2D eigenvalue weighted by Crippen LogP contribution is -2.78. The summed E-state index contributed by atoms with van der Waals surface area (Å²) in [5, 5.41) is 2.16. The molecule has 0 saturated heterocycles. The van der Waals surface area contributed by atoms with Gasteiger partial charge in [-0.1, -0.05) is 86.9 Å². The van der Waals surface area contributed by atoms with Crippen LogP contribution in [-0.4, -0.2) is 40.9 Å². The fourth-order valence-corrected chi connectivity index (χ4v) is 12.5. The van der Waals surface area contributed by atoms with E-state index in [1.54, 1.807) is 0 Å². The third-order valence-electron chi connectivity index (χ3n) is 4.42. The monoisotopic (exact) mass is 425 g/mol. The Balaban J connectivity index is 2.52. The normalized spacial score (nSPS) is 11.4. The zero-order valence-electron chi connectivity index (χ0n) is 16.9. The summed E-state index contributed by atoms with van der Waals surface area (Å²) in [4.78, 5) is 23.5. The van der Waals surface area contributed by atoms with Crippen molar-refractivity contribution in [2.45, 2.75) is 13.1 Å². The fourth-order valence-electron chi connectivity index (χ4n) is 3.12. The Morgan fingerprint density at radius 2 is 1.24 bits per heavy atom. The van der Waals surface area contributed by atoms with Crippen molar-refractivity contribution in [3.05, 3.63) is 86.0 Å². The van der Waals surface area contributed by atoms with E-state index in [0.29, 0.717) is 0 Å². The van der Waals surface area contributed by atoms with Gasteiger partial charge in [-0.3, -0.25) is 0 Å². The highest BCUT2D eigenvalue weighted by molar-refractivity contribution is 7.07. The minimum atomic E-state index is -2.74. The van der Waals surface area contributed by atoms with Crippen LogP contribution in [0.3, 0.4) is 0 Å². The maximum Gasteiger partial charge on any atom is 0.329 e. The quantitative estimate of drug-likeness (QED) is 0.359. The summed E-state index contributed by atoms with van der Waals surface area (Å²) in [6.45, 7) is 11.1. The predicted octanol–water partition coefficient (Wildman–Crippen LogP) is 2.08. The van der Waals surface area contributed by atoms with Crippen molar-refractivity contribution in [1.82, 2.24) is 4.65 Å². The summed E-state index contributed by atoms with van der Waals surface area (Å²) in [6.07, 6.45) is 2.82. The molecule has 0 saturated carbocycles. The van der Waals surface area contributed by atoms with E-state index in [2.05, 4.69) is 30.9 Å². The zero-order valence-corrected chi connectivity index (χ0v) is 18.9. The molecule has 0 aliphatic rings.